The zero-order valence-corrected chi connectivity index (χ0v) is 19.9. The molecule has 0 aliphatic rings. The van der Waals surface area contributed by atoms with Gasteiger partial charge in [0.1, 0.15) is 18.2 Å². The molecule has 0 radical (unpaired) electrons. The van der Waals surface area contributed by atoms with Crippen LogP contribution in [0.25, 0.3) is 0 Å². The van der Waals surface area contributed by atoms with Crippen LogP contribution in [0.4, 0.5) is 28.4 Å². The van der Waals surface area contributed by atoms with Crippen LogP contribution in [-0.4, -0.2) is 17.1 Å². The van der Waals surface area contributed by atoms with Gasteiger partial charge in [-0.05, 0) is 65.7 Å². The van der Waals surface area contributed by atoms with Gasteiger partial charge in [0.15, 0.2) is 5.13 Å². The van der Waals surface area contributed by atoms with E-state index in [0.717, 1.165) is 23.3 Å². The average Bonchev–Trinajstić information content (AvgIpc) is 3.30. The molecule has 0 saturated heterocycles. The van der Waals surface area contributed by atoms with E-state index >= 15 is 0 Å². The van der Waals surface area contributed by atoms with Crippen LogP contribution in [0, 0.1) is 5.82 Å². The lowest BCUT2D eigenvalue weighted by atomic mass is 10.2. The number of amides is 1. The first-order chi connectivity index (χ1) is 17.7. The van der Waals surface area contributed by atoms with E-state index in [-0.39, 0.29) is 17.9 Å². The van der Waals surface area contributed by atoms with Crippen molar-refractivity contribution in [3.8, 4) is 5.75 Å². The van der Waals surface area contributed by atoms with Gasteiger partial charge in [0.2, 0.25) is 5.91 Å². The number of thiazole rings is 1. The molecule has 3 aromatic carbocycles. The number of nitrogens with one attached hydrogen (secondary N) is 2. The summed E-state index contributed by atoms with van der Waals surface area (Å²) in [6.07, 6.45) is -3.01. The van der Waals surface area contributed by atoms with Crippen LogP contribution >= 0.6 is 11.3 Å². The highest BCUT2D eigenvalue weighted by Gasteiger charge is 2.30. The number of anilines is 2. The summed E-state index contributed by atoms with van der Waals surface area (Å²) in [5.74, 6) is -0.0724. The number of carbonyl (C=O) groups excluding carboxylic acids is 1. The van der Waals surface area contributed by atoms with Crippen LogP contribution in [0.15, 0.2) is 83.3 Å². The van der Waals surface area contributed by atoms with Crippen LogP contribution in [0.2, 0.25) is 0 Å². The SMILES string of the molecule is O=C(Cc1csc(Nc2cccc(C(F)(F)F)c2)n1)N/N=C\c1ccc(OCc2ccc(F)cc2)cc1. The van der Waals surface area contributed by atoms with Crippen LogP contribution in [0.1, 0.15) is 22.4 Å². The van der Waals surface area contributed by atoms with Gasteiger partial charge in [-0.2, -0.15) is 18.3 Å². The van der Waals surface area contributed by atoms with Crippen LogP contribution in [0.5, 0.6) is 5.75 Å². The molecule has 0 bridgehead atoms. The summed E-state index contributed by atoms with van der Waals surface area (Å²) < 4.78 is 57.2. The van der Waals surface area contributed by atoms with Crippen molar-refractivity contribution < 1.29 is 27.1 Å². The smallest absolute Gasteiger partial charge is 0.416 e. The summed E-state index contributed by atoms with van der Waals surface area (Å²) >= 11 is 1.17. The number of nitrogens with zero attached hydrogens (tertiary/aromatic N) is 2. The van der Waals surface area contributed by atoms with E-state index in [2.05, 4.69) is 20.8 Å². The number of rotatable bonds is 9. The minimum absolute atomic E-state index is 0.0473. The molecule has 190 valence electrons. The number of hydrogen-bond acceptors (Lipinski definition) is 6. The van der Waals surface area contributed by atoms with Gasteiger partial charge in [-0.15, -0.1) is 11.3 Å². The quantitative estimate of drug-likeness (QED) is 0.152. The third kappa shape index (κ3) is 7.87. The highest BCUT2D eigenvalue weighted by molar-refractivity contribution is 7.13. The summed E-state index contributed by atoms with van der Waals surface area (Å²) in [5.41, 5.74) is 3.92. The maximum Gasteiger partial charge on any atom is 0.416 e. The topological polar surface area (TPSA) is 75.6 Å². The van der Waals surface area contributed by atoms with E-state index in [1.54, 1.807) is 41.8 Å². The van der Waals surface area contributed by atoms with Gasteiger partial charge in [0, 0.05) is 11.1 Å². The second kappa shape index (κ2) is 11.7. The van der Waals surface area contributed by atoms with Gasteiger partial charge >= 0.3 is 6.18 Å². The van der Waals surface area contributed by atoms with E-state index in [0.29, 0.717) is 23.2 Å². The molecule has 1 heterocycles. The first kappa shape index (κ1) is 25.8. The van der Waals surface area contributed by atoms with Gasteiger partial charge in [0.25, 0.3) is 0 Å². The Labute approximate surface area is 213 Å². The number of hydrazone groups is 1. The molecule has 37 heavy (non-hydrogen) atoms. The Balaban J connectivity index is 1.23. The largest absolute Gasteiger partial charge is 0.489 e. The third-order valence-corrected chi connectivity index (χ3v) is 5.74. The van der Waals surface area contributed by atoms with E-state index in [1.807, 2.05) is 0 Å². The minimum Gasteiger partial charge on any atom is -0.489 e. The second-order valence-corrected chi connectivity index (χ2v) is 8.66. The molecule has 0 aliphatic heterocycles. The van der Waals surface area contributed by atoms with Crippen molar-refractivity contribution in [1.82, 2.24) is 10.4 Å². The lowest BCUT2D eigenvalue weighted by Gasteiger charge is -2.08. The number of benzene rings is 3. The zero-order valence-electron chi connectivity index (χ0n) is 19.1. The lowest BCUT2D eigenvalue weighted by molar-refractivity contribution is -0.137. The van der Waals surface area contributed by atoms with Gasteiger partial charge in [-0.25, -0.2) is 14.8 Å². The third-order valence-electron chi connectivity index (χ3n) is 4.94. The van der Waals surface area contributed by atoms with Crippen LogP contribution < -0.4 is 15.5 Å². The summed E-state index contributed by atoms with van der Waals surface area (Å²) in [4.78, 5) is 16.4. The van der Waals surface area contributed by atoms with Gasteiger partial charge in [0.05, 0.1) is 23.9 Å². The number of alkyl halides is 3. The van der Waals surface area contributed by atoms with Crippen LogP contribution in [0.3, 0.4) is 0 Å². The standard InChI is InChI=1S/C26H20F4N4O2S/c27-20-8-4-18(5-9-20)15-36-23-10-6-17(7-11-23)14-31-34-24(35)13-22-16-37-25(33-22)32-21-3-1-2-19(12-21)26(28,29)30/h1-12,14,16H,13,15H2,(H,32,33)(H,34,35)/b31-14-. The lowest BCUT2D eigenvalue weighted by Crippen LogP contribution is -2.19. The summed E-state index contributed by atoms with van der Waals surface area (Å²) in [7, 11) is 0. The Kier molecular flexibility index (Phi) is 8.14. The van der Waals surface area contributed by atoms with Gasteiger partial charge in [-0.3, -0.25) is 4.79 Å². The summed E-state index contributed by atoms with van der Waals surface area (Å²) in [5, 5.41) is 8.76. The predicted octanol–water partition coefficient (Wildman–Crippen LogP) is 6.32. The number of aromatic nitrogens is 1. The number of hydrogen-bond donors (Lipinski definition) is 2. The average molecular weight is 529 g/mol. The Morgan fingerprint density at radius 2 is 1.81 bits per heavy atom. The molecule has 0 fully saturated rings. The molecule has 0 saturated carbocycles. The van der Waals surface area contributed by atoms with Crippen molar-refractivity contribution in [3.05, 3.63) is 106 Å². The fraction of sp³-hybridized carbons (Fsp3) is 0.115. The maximum atomic E-state index is 13.0. The molecule has 11 heteroatoms. The van der Waals surface area contributed by atoms with Crippen molar-refractivity contribution in [2.45, 2.75) is 19.2 Å². The van der Waals surface area contributed by atoms with E-state index < -0.39 is 17.6 Å². The Morgan fingerprint density at radius 3 is 2.54 bits per heavy atom. The van der Waals surface area contributed by atoms with E-state index in [4.69, 9.17) is 4.74 Å². The molecule has 1 amide bonds. The number of carbonyl (C=O) groups is 1. The van der Waals surface area contributed by atoms with Gasteiger partial charge < -0.3 is 10.1 Å². The molecule has 0 aliphatic carbocycles. The van der Waals surface area contributed by atoms with Crippen molar-refractivity contribution in [2.75, 3.05) is 5.32 Å². The molecular formula is C26H20F4N4O2S. The second-order valence-electron chi connectivity index (χ2n) is 7.80. The fourth-order valence-electron chi connectivity index (χ4n) is 3.12. The summed E-state index contributed by atoms with van der Waals surface area (Å²) in [6, 6.07) is 17.9. The highest BCUT2D eigenvalue weighted by atomic mass is 32.1. The molecule has 2 N–H and O–H groups in total. The first-order valence-corrected chi connectivity index (χ1v) is 11.8. The van der Waals surface area contributed by atoms with Crippen molar-refractivity contribution >= 4 is 34.3 Å². The van der Waals surface area contributed by atoms with Gasteiger partial charge in [-0.1, -0.05) is 18.2 Å². The maximum absolute atomic E-state index is 13.0. The molecule has 6 nitrogen and oxygen atoms in total. The van der Waals surface area contributed by atoms with Crippen LogP contribution in [-0.2, 0) is 24.0 Å². The molecular weight excluding hydrogens is 508 g/mol. The molecule has 0 spiro atoms. The Morgan fingerprint density at radius 1 is 1.05 bits per heavy atom. The first-order valence-electron chi connectivity index (χ1n) is 10.9. The van der Waals surface area contributed by atoms with Crippen molar-refractivity contribution in [3.63, 3.8) is 0 Å². The normalized spacial score (nSPS) is 11.5. The molecule has 4 rings (SSSR count). The highest BCUT2D eigenvalue weighted by Crippen LogP contribution is 2.31. The van der Waals surface area contributed by atoms with E-state index in [1.165, 1.54) is 41.8 Å². The minimum atomic E-state index is -4.44. The van der Waals surface area contributed by atoms with Crippen molar-refractivity contribution in [1.29, 1.82) is 0 Å². The molecule has 0 atom stereocenters. The Bertz CT molecular complexity index is 1370. The molecule has 1 aromatic heterocycles. The summed E-state index contributed by atoms with van der Waals surface area (Å²) in [6.45, 7) is 0.303. The number of ether oxygens (including phenoxy) is 1. The zero-order chi connectivity index (χ0) is 26.3. The number of halogens is 4. The fourth-order valence-corrected chi connectivity index (χ4v) is 3.85. The molecule has 0 unspecified atom stereocenters. The predicted molar refractivity (Wildman–Crippen MR) is 133 cm³/mol. The van der Waals surface area contributed by atoms with Crippen molar-refractivity contribution in [2.24, 2.45) is 5.10 Å². The molecule has 4 aromatic rings. The monoisotopic (exact) mass is 528 g/mol. The Hall–Kier alpha value is -4.25. The van der Waals surface area contributed by atoms with E-state index in [9.17, 15) is 22.4 Å².